The summed E-state index contributed by atoms with van der Waals surface area (Å²) in [5.41, 5.74) is 3.80. The van der Waals surface area contributed by atoms with Crippen LogP contribution in [-0.2, 0) is 16.6 Å². The van der Waals surface area contributed by atoms with Gasteiger partial charge in [-0.2, -0.15) is 4.31 Å². The Morgan fingerprint density at radius 3 is 2.59 bits per heavy atom. The summed E-state index contributed by atoms with van der Waals surface area (Å²) >= 11 is 0. The summed E-state index contributed by atoms with van der Waals surface area (Å²) in [7, 11) is -1.86. The summed E-state index contributed by atoms with van der Waals surface area (Å²) in [4.78, 5) is 14.8. The number of hydrogen-bond acceptors (Lipinski definition) is 3. The summed E-state index contributed by atoms with van der Waals surface area (Å²) < 4.78 is 27.8. The van der Waals surface area contributed by atoms with Crippen LogP contribution in [0.25, 0.3) is 0 Å². The van der Waals surface area contributed by atoms with Crippen molar-refractivity contribution >= 4 is 15.9 Å². The highest BCUT2D eigenvalue weighted by atomic mass is 32.2. The van der Waals surface area contributed by atoms with Crippen molar-refractivity contribution in [3.05, 3.63) is 64.7 Å². The number of piperidine rings is 1. The Balaban J connectivity index is 1.81. The van der Waals surface area contributed by atoms with Crippen molar-refractivity contribution in [3.63, 3.8) is 0 Å². The van der Waals surface area contributed by atoms with E-state index in [-0.39, 0.29) is 16.8 Å². The van der Waals surface area contributed by atoms with Gasteiger partial charge >= 0.3 is 0 Å². The van der Waals surface area contributed by atoms with Crippen molar-refractivity contribution in [1.29, 1.82) is 0 Å². The summed E-state index contributed by atoms with van der Waals surface area (Å²) in [6.45, 7) is 7.04. The number of hydrogen-bond donors (Lipinski definition) is 0. The van der Waals surface area contributed by atoms with Crippen LogP contribution >= 0.6 is 0 Å². The van der Waals surface area contributed by atoms with E-state index < -0.39 is 10.0 Å². The van der Waals surface area contributed by atoms with Crippen LogP contribution in [0.4, 0.5) is 0 Å². The number of nitrogens with zero attached hydrogens (tertiary/aromatic N) is 2. The third-order valence-corrected chi connectivity index (χ3v) is 7.69. The van der Waals surface area contributed by atoms with Gasteiger partial charge in [0.1, 0.15) is 0 Å². The molecule has 2 aromatic rings. The summed E-state index contributed by atoms with van der Waals surface area (Å²) in [5.74, 6) is -0.186. The van der Waals surface area contributed by atoms with Crippen molar-refractivity contribution < 1.29 is 13.2 Å². The lowest BCUT2D eigenvalue weighted by molar-refractivity contribution is 0.0784. The Hall–Kier alpha value is -2.18. The number of aryl methyl sites for hydroxylation is 2. The van der Waals surface area contributed by atoms with Gasteiger partial charge in [0, 0.05) is 31.7 Å². The Bertz CT molecular complexity index is 1000. The zero-order valence-corrected chi connectivity index (χ0v) is 18.5. The molecule has 3 rings (SSSR count). The molecule has 2 aromatic carbocycles. The molecular weight excluding hydrogens is 384 g/mol. The summed E-state index contributed by atoms with van der Waals surface area (Å²) in [6, 6.07) is 12.6. The van der Waals surface area contributed by atoms with Crippen LogP contribution in [0.2, 0.25) is 0 Å². The molecule has 1 aliphatic rings. The molecule has 0 spiro atoms. The van der Waals surface area contributed by atoms with E-state index in [1.807, 2.05) is 32.9 Å². The number of carbonyl (C=O) groups excluding carboxylic acids is 1. The summed E-state index contributed by atoms with van der Waals surface area (Å²) in [5, 5.41) is 0. The monoisotopic (exact) mass is 414 g/mol. The number of sulfonamides is 1. The molecule has 1 aliphatic heterocycles. The Labute approximate surface area is 174 Å². The third-order valence-electron chi connectivity index (χ3n) is 5.68. The Morgan fingerprint density at radius 1 is 1.14 bits per heavy atom. The lowest BCUT2D eigenvalue weighted by atomic mass is 10.1. The van der Waals surface area contributed by atoms with Gasteiger partial charge < -0.3 is 4.90 Å². The first-order valence-corrected chi connectivity index (χ1v) is 11.6. The molecule has 0 unspecified atom stereocenters. The highest BCUT2D eigenvalue weighted by Gasteiger charge is 2.31. The maximum Gasteiger partial charge on any atom is 0.253 e. The van der Waals surface area contributed by atoms with Gasteiger partial charge in [0.15, 0.2) is 0 Å². The molecule has 0 bridgehead atoms. The Morgan fingerprint density at radius 2 is 1.90 bits per heavy atom. The van der Waals surface area contributed by atoms with Gasteiger partial charge in [-0.25, -0.2) is 8.42 Å². The van der Waals surface area contributed by atoms with E-state index in [0.29, 0.717) is 18.7 Å². The van der Waals surface area contributed by atoms with E-state index in [1.165, 1.54) is 11.6 Å². The average Bonchev–Trinajstić information content (AvgIpc) is 2.69. The molecule has 156 valence electrons. The van der Waals surface area contributed by atoms with E-state index >= 15 is 0 Å². The van der Waals surface area contributed by atoms with Gasteiger partial charge in [-0.05, 0) is 62.9 Å². The van der Waals surface area contributed by atoms with Gasteiger partial charge in [0.2, 0.25) is 10.0 Å². The zero-order chi connectivity index (χ0) is 21.2. The first-order chi connectivity index (χ1) is 13.7. The van der Waals surface area contributed by atoms with Crippen LogP contribution in [0, 0.1) is 13.8 Å². The molecule has 5 nitrogen and oxygen atoms in total. The molecule has 1 amide bonds. The van der Waals surface area contributed by atoms with E-state index in [0.717, 1.165) is 30.4 Å². The van der Waals surface area contributed by atoms with Crippen LogP contribution in [0.1, 0.15) is 53.2 Å². The SMILES string of the molecule is Cc1ccc(CN(C)C(=O)c2cccc(S(=O)(=O)N3CCCC[C@@H]3C)c2)c(C)c1. The van der Waals surface area contributed by atoms with Crippen molar-refractivity contribution in [2.24, 2.45) is 0 Å². The van der Waals surface area contributed by atoms with Crippen molar-refractivity contribution in [3.8, 4) is 0 Å². The molecule has 0 aromatic heterocycles. The van der Waals surface area contributed by atoms with Crippen molar-refractivity contribution in [2.45, 2.75) is 57.5 Å². The standard InChI is InChI=1S/C23H30N2O3S/c1-17-11-12-21(18(2)14-17)16-24(4)23(26)20-9-7-10-22(15-20)29(27,28)25-13-6-5-8-19(25)3/h7,9-12,14-15,19H,5-6,8,13,16H2,1-4H3/t19-/m0/s1. The molecule has 1 atom stereocenters. The molecular formula is C23H30N2O3S. The van der Waals surface area contributed by atoms with Crippen LogP contribution < -0.4 is 0 Å². The van der Waals surface area contributed by atoms with Crippen molar-refractivity contribution in [1.82, 2.24) is 9.21 Å². The first kappa shape index (κ1) is 21.5. The second-order valence-corrected chi connectivity index (χ2v) is 9.97. The lowest BCUT2D eigenvalue weighted by Gasteiger charge is -2.32. The highest BCUT2D eigenvalue weighted by molar-refractivity contribution is 7.89. The van der Waals surface area contributed by atoms with Gasteiger partial charge in [0.05, 0.1) is 4.90 Å². The number of carbonyl (C=O) groups is 1. The second-order valence-electron chi connectivity index (χ2n) is 8.08. The molecule has 0 saturated carbocycles. The van der Waals surface area contributed by atoms with Gasteiger partial charge in [-0.3, -0.25) is 4.79 Å². The van der Waals surface area contributed by atoms with Gasteiger partial charge in [0.25, 0.3) is 5.91 Å². The van der Waals surface area contributed by atoms with Crippen LogP contribution in [-0.4, -0.2) is 43.2 Å². The molecule has 1 fully saturated rings. The van der Waals surface area contributed by atoms with Crippen LogP contribution in [0.3, 0.4) is 0 Å². The normalized spacial score (nSPS) is 17.9. The minimum Gasteiger partial charge on any atom is -0.337 e. The molecule has 0 aliphatic carbocycles. The summed E-state index contributed by atoms with van der Waals surface area (Å²) in [6.07, 6.45) is 2.80. The molecule has 1 saturated heterocycles. The predicted octanol–water partition coefficient (Wildman–Crippen LogP) is 4.14. The van der Waals surface area contributed by atoms with E-state index in [9.17, 15) is 13.2 Å². The fourth-order valence-electron chi connectivity index (χ4n) is 3.92. The maximum atomic E-state index is 13.1. The minimum absolute atomic E-state index is 0.0136. The molecule has 0 N–H and O–H groups in total. The van der Waals surface area contributed by atoms with E-state index in [1.54, 1.807) is 34.5 Å². The first-order valence-electron chi connectivity index (χ1n) is 10.1. The smallest absolute Gasteiger partial charge is 0.253 e. The van der Waals surface area contributed by atoms with Crippen LogP contribution in [0.15, 0.2) is 47.4 Å². The second kappa shape index (κ2) is 8.67. The third kappa shape index (κ3) is 4.70. The van der Waals surface area contributed by atoms with Crippen LogP contribution in [0.5, 0.6) is 0 Å². The maximum absolute atomic E-state index is 13.1. The van der Waals surface area contributed by atoms with E-state index in [4.69, 9.17) is 0 Å². The minimum atomic E-state index is -3.60. The topological polar surface area (TPSA) is 57.7 Å². The Kier molecular flexibility index (Phi) is 6.44. The molecule has 0 radical (unpaired) electrons. The lowest BCUT2D eigenvalue weighted by Crippen LogP contribution is -2.42. The van der Waals surface area contributed by atoms with Crippen molar-refractivity contribution in [2.75, 3.05) is 13.6 Å². The number of benzene rings is 2. The predicted molar refractivity (Wildman–Crippen MR) is 115 cm³/mol. The highest BCUT2D eigenvalue weighted by Crippen LogP contribution is 2.26. The van der Waals surface area contributed by atoms with Gasteiger partial charge in [-0.15, -0.1) is 0 Å². The number of amides is 1. The zero-order valence-electron chi connectivity index (χ0n) is 17.7. The molecule has 1 heterocycles. The fourth-order valence-corrected chi connectivity index (χ4v) is 5.67. The molecule has 6 heteroatoms. The largest absolute Gasteiger partial charge is 0.337 e. The average molecular weight is 415 g/mol. The fraction of sp³-hybridized carbons (Fsp3) is 0.435. The van der Waals surface area contributed by atoms with E-state index in [2.05, 4.69) is 6.07 Å². The molecule has 29 heavy (non-hydrogen) atoms. The quantitative estimate of drug-likeness (QED) is 0.739. The number of rotatable bonds is 5. The van der Waals surface area contributed by atoms with Gasteiger partial charge in [-0.1, -0.05) is 36.2 Å².